The molecule has 0 aliphatic rings. The summed E-state index contributed by atoms with van der Waals surface area (Å²) in [5.41, 5.74) is 1.95. The van der Waals surface area contributed by atoms with Gasteiger partial charge in [0, 0.05) is 6.42 Å². The maximum Gasteiger partial charge on any atom is 0.167 e. The van der Waals surface area contributed by atoms with Gasteiger partial charge in [0.05, 0.1) is 5.56 Å². The van der Waals surface area contributed by atoms with Crippen LogP contribution in [0.2, 0.25) is 0 Å². The highest BCUT2D eigenvalue weighted by molar-refractivity contribution is 6.02. The number of hydrogen-bond acceptors (Lipinski definition) is 2. The summed E-state index contributed by atoms with van der Waals surface area (Å²) in [6.45, 7) is 7.58. The molecule has 80 valence electrons. The fourth-order valence-corrected chi connectivity index (χ4v) is 1.54. The van der Waals surface area contributed by atoms with Crippen molar-refractivity contribution >= 4 is 11.4 Å². The summed E-state index contributed by atoms with van der Waals surface area (Å²) >= 11 is 0. The number of Topliss-reactive ketones (excluding diaryl/α,β-unsaturated/α-hetero) is 1. The van der Waals surface area contributed by atoms with Gasteiger partial charge in [0.15, 0.2) is 5.78 Å². The zero-order valence-corrected chi connectivity index (χ0v) is 9.21. The van der Waals surface area contributed by atoms with E-state index in [2.05, 4.69) is 6.58 Å². The Morgan fingerprint density at radius 3 is 2.67 bits per heavy atom. The van der Waals surface area contributed by atoms with E-state index < -0.39 is 0 Å². The van der Waals surface area contributed by atoms with Crippen LogP contribution in [0, 0.1) is 0 Å². The summed E-state index contributed by atoms with van der Waals surface area (Å²) in [7, 11) is 0. The number of phenolic OH excluding ortho intramolecular Hbond substituents is 1. The normalized spacial score (nSPS) is 10.0. The van der Waals surface area contributed by atoms with Gasteiger partial charge in [0.2, 0.25) is 0 Å². The summed E-state index contributed by atoms with van der Waals surface area (Å²) in [4.78, 5) is 11.8. The molecule has 1 rings (SSSR count). The molecule has 0 atom stereocenters. The first kappa shape index (κ1) is 11.5. The molecule has 0 saturated carbocycles. The van der Waals surface area contributed by atoms with Gasteiger partial charge in [0.25, 0.3) is 0 Å². The second-order valence-corrected chi connectivity index (χ2v) is 3.65. The van der Waals surface area contributed by atoms with Crippen LogP contribution < -0.4 is 0 Å². The number of carbonyl (C=O) groups is 1. The van der Waals surface area contributed by atoms with E-state index >= 15 is 0 Å². The van der Waals surface area contributed by atoms with Crippen molar-refractivity contribution in [1.82, 2.24) is 0 Å². The molecule has 0 spiro atoms. The summed E-state index contributed by atoms with van der Waals surface area (Å²) in [6.07, 6.45) is 1.24. The van der Waals surface area contributed by atoms with Crippen LogP contribution in [0.4, 0.5) is 0 Å². The maximum atomic E-state index is 11.8. The van der Waals surface area contributed by atoms with E-state index in [0.29, 0.717) is 12.0 Å². The molecule has 0 fully saturated rings. The Bertz CT molecular complexity index is 392. The van der Waals surface area contributed by atoms with Gasteiger partial charge in [-0.25, -0.2) is 0 Å². The van der Waals surface area contributed by atoms with Gasteiger partial charge >= 0.3 is 0 Å². The number of benzene rings is 1. The second kappa shape index (κ2) is 4.78. The smallest absolute Gasteiger partial charge is 0.167 e. The number of phenols is 1. The Balaban J connectivity index is 3.24. The molecular formula is C13H16O2. The lowest BCUT2D eigenvalue weighted by Gasteiger charge is -2.09. The summed E-state index contributed by atoms with van der Waals surface area (Å²) in [5, 5.41) is 9.68. The van der Waals surface area contributed by atoms with Crippen molar-refractivity contribution in [3.63, 3.8) is 0 Å². The molecule has 1 aromatic carbocycles. The second-order valence-electron chi connectivity index (χ2n) is 3.65. The SMILES string of the molecule is C=C(C)c1cccc(O)c1C(=O)CCC. The van der Waals surface area contributed by atoms with Gasteiger partial charge in [0.1, 0.15) is 5.75 Å². The van der Waals surface area contributed by atoms with E-state index in [-0.39, 0.29) is 11.5 Å². The third-order valence-corrected chi connectivity index (χ3v) is 2.26. The summed E-state index contributed by atoms with van der Waals surface area (Å²) < 4.78 is 0. The van der Waals surface area contributed by atoms with E-state index in [9.17, 15) is 9.90 Å². The van der Waals surface area contributed by atoms with Gasteiger partial charge in [-0.1, -0.05) is 31.2 Å². The molecule has 2 nitrogen and oxygen atoms in total. The molecule has 2 heteroatoms. The predicted molar refractivity (Wildman–Crippen MR) is 62.1 cm³/mol. The molecule has 0 heterocycles. The highest BCUT2D eigenvalue weighted by Gasteiger charge is 2.15. The Morgan fingerprint density at radius 2 is 2.13 bits per heavy atom. The molecule has 0 amide bonds. The van der Waals surface area contributed by atoms with Crippen LogP contribution in [-0.2, 0) is 0 Å². The number of ketones is 1. The summed E-state index contributed by atoms with van der Waals surface area (Å²) in [5.74, 6) is 0.0301. The first-order chi connectivity index (χ1) is 7.07. The zero-order valence-electron chi connectivity index (χ0n) is 9.21. The van der Waals surface area contributed by atoms with Crippen molar-refractivity contribution in [2.24, 2.45) is 0 Å². The van der Waals surface area contributed by atoms with E-state index in [1.807, 2.05) is 19.9 Å². The van der Waals surface area contributed by atoms with Crippen LogP contribution in [0.15, 0.2) is 24.8 Å². The quantitative estimate of drug-likeness (QED) is 0.763. The van der Waals surface area contributed by atoms with Crippen LogP contribution in [-0.4, -0.2) is 10.9 Å². The van der Waals surface area contributed by atoms with Gasteiger partial charge in [-0.3, -0.25) is 4.79 Å². The molecule has 1 aromatic rings. The molecule has 15 heavy (non-hydrogen) atoms. The van der Waals surface area contributed by atoms with Gasteiger partial charge < -0.3 is 5.11 Å². The molecule has 0 aliphatic heterocycles. The number of carbonyl (C=O) groups excluding carboxylic acids is 1. The number of rotatable bonds is 4. The van der Waals surface area contributed by atoms with Crippen molar-refractivity contribution < 1.29 is 9.90 Å². The van der Waals surface area contributed by atoms with Crippen molar-refractivity contribution in [3.05, 3.63) is 35.9 Å². The Kier molecular flexibility index (Phi) is 3.67. The summed E-state index contributed by atoms with van der Waals surface area (Å²) in [6, 6.07) is 5.07. The minimum absolute atomic E-state index is 0.0198. The van der Waals surface area contributed by atoms with Crippen molar-refractivity contribution in [3.8, 4) is 5.75 Å². The van der Waals surface area contributed by atoms with E-state index in [1.54, 1.807) is 6.07 Å². The molecule has 0 aromatic heterocycles. The van der Waals surface area contributed by atoms with Crippen molar-refractivity contribution in [2.45, 2.75) is 26.7 Å². The zero-order chi connectivity index (χ0) is 11.4. The number of hydrogen-bond donors (Lipinski definition) is 1. The first-order valence-corrected chi connectivity index (χ1v) is 5.09. The van der Waals surface area contributed by atoms with Crippen LogP contribution in [0.1, 0.15) is 42.6 Å². The van der Waals surface area contributed by atoms with Gasteiger partial charge in [-0.15, -0.1) is 0 Å². The minimum Gasteiger partial charge on any atom is -0.507 e. The highest BCUT2D eigenvalue weighted by atomic mass is 16.3. The van der Waals surface area contributed by atoms with E-state index in [1.165, 1.54) is 6.07 Å². The van der Waals surface area contributed by atoms with E-state index in [0.717, 1.165) is 17.6 Å². The molecule has 0 aliphatic carbocycles. The molecule has 0 radical (unpaired) electrons. The molecule has 0 bridgehead atoms. The standard InChI is InChI=1S/C13H16O2/c1-4-6-11(14)13-10(9(2)3)7-5-8-12(13)15/h5,7-8,15H,2,4,6H2,1,3H3. The first-order valence-electron chi connectivity index (χ1n) is 5.09. The average molecular weight is 204 g/mol. The van der Waals surface area contributed by atoms with Gasteiger partial charge in [-0.05, 0) is 25.0 Å². The fraction of sp³-hybridized carbons (Fsp3) is 0.308. The highest BCUT2D eigenvalue weighted by Crippen LogP contribution is 2.27. The predicted octanol–water partition coefficient (Wildman–Crippen LogP) is 3.41. The van der Waals surface area contributed by atoms with Crippen molar-refractivity contribution in [2.75, 3.05) is 0 Å². The maximum absolute atomic E-state index is 11.8. The van der Waals surface area contributed by atoms with Gasteiger partial charge in [-0.2, -0.15) is 0 Å². The molecule has 1 N–H and O–H groups in total. The Morgan fingerprint density at radius 1 is 1.47 bits per heavy atom. The lowest BCUT2D eigenvalue weighted by Crippen LogP contribution is -2.02. The molecule has 0 unspecified atom stereocenters. The van der Waals surface area contributed by atoms with Crippen LogP contribution in [0.5, 0.6) is 5.75 Å². The average Bonchev–Trinajstić information content (AvgIpc) is 2.17. The van der Waals surface area contributed by atoms with Crippen LogP contribution >= 0.6 is 0 Å². The number of aromatic hydroxyl groups is 1. The van der Waals surface area contributed by atoms with Crippen LogP contribution in [0.25, 0.3) is 5.57 Å². The van der Waals surface area contributed by atoms with Crippen molar-refractivity contribution in [1.29, 1.82) is 0 Å². The number of allylic oxidation sites excluding steroid dienone is 1. The third kappa shape index (κ3) is 2.46. The lowest BCUT2D eigenvalue weighted by molar-refractivity contribution is 0.0979. The lowest BCUT2D eigenvalue weighted by atomic mass is 9.96. The molecule has 0 saturated heterocycles. The minimum atomic E-state index is -0.0198. The monoisotopic (exact) mass is 204 g/mol. The Labute approximate surface area is 90.3 Å². The topological polar surface area (TPSA) is 37.3 Å². The largest absolute Gasteiger partial charge is 0.507 e. The van der Waals surface area contributed by atoms with E-state index in [4.69, 9.17) is 0 Å². The van der Waals surface area contributed by atoms with Crippen LogP contribution in [0.3, 0.4) is 0 Å². The molecular weight excluding hydrogens is 188 g/mol. The fourth-order valence-electron chi connectivity index (χ4n) is 1.54. The Hall–Kier alpha value is -1.57. The third-order valence-electron chi connectivity index (χ3n) is 2.26.